The molecule has 0 saturated carbocycles. The number of amides is 2. The molecular formula is C21H28ClN3O2S2. The third-order valence-corrected chi connectivity index (χ3v) is 7.43. The van der Waals surface area contributed by atoms with Crippen LogP contribution in [0.2, 0.25) is 4.34 Å². The van der Waals surface area contributed by atoms with E-state index in [1.54, 1.807) is 0 Å². The summed E-state index contributed by atoms with van der Waals surface area (Å²) in [6, 6.07) is 3.81. The number of rotatable bonds is 9. The fraction of sp³-hybridized carbons (Fsp3) is 0.571. The SMILES string of the molecule is CCCCCCNC(=O)C1CCCN(C(=O)Cc2csc(-c3ccc(Cl)s3)n2)C1. The molecule has 1 atom stereocenters. The fourth-order valence-electron chi connectivity index (χ4n) is 3.52. The molecule has 2 aromatic heterocycles. The van der Waals surface area contributed by atoms with Gasteiger partial charge in [0.15, 0.2) is 0 Å². The highest BCUT2D eigenvalue weighted by molar-refractivity contribution is 7.23. The van der Waals surface area contributed by atoms with Crippen molar-refractivity contribution in [1.29, 1.82) is 0 Å². The molecule has 0 aliphatic carbocycles. The van der Waals surface area contributed by atoms with Gasteiger partial charge in [0.1, 0.15) is 5.01 Å². The number of likely N-dealkylation sites (tertiary alicyclic amines) is 1. The van der Waals surface area contributed by atoms with Crippen molar-refractivity contribution in [2.75, 3.05) is 19.6 Å². The maximum Gasteiger partial charge on any atom is 0.228 e. The van der Waals surface area contributed by atoms with E-state index in [0.717, 1.165) is 58.7 Å². The van der Waals surface area contributed by atoms with E-state index in [9.17, 15) is 9.59 Å². The Balaban J connectivity index is 1.48. The van der Waals surface area contributed by atoms with E-state index in [0.29, 0.717) is 6.54 Å². The lowest BCUT2D eigenvalue weighted by atomic mass is 9.96. The minimum atomic E-state index is -0.0990. The van der Waals surface area contributed by atoms with Crippen LogP contribution >= 0.6 is 34.3 Å². The number of hydrogen-bond donors (Lipinski definition) is 1. The maximum atomic E-state index is 12.8. The Kier molecular flexibility index (Phi) is 8.51. The van der Waals surface area contributed by atoms with Crippen molar-refractivity contribution in [3.05, 3.63) is 27.5 Å². The van der Waals surface area contributed by atoms with E-state index in [1.807, 2.05) is 22.4 Å². The molecule has 1 fully saturated rings. The molecule has 1 N–H and O–H groups in total. The molecule has 2 amide bonds. The second kappa shape index (κ2) is 11.1. The molecule has 1 unspecified atom stereocenters. The average Bonchev–Trinajstić information content (AvgIpc) is 3.36. The highest BCUT2D eigenvalue weighted by atomic mass is 35.5. The van der Waals surface area contributed by atoms with Crippen molar-refractivity contribution in [2.24, 2.45) is 5.92 Å². The van der Waals surface area contributed by atoms with Crippen LogP contribution in [-0.2, 0) is 16.0 Å². The Morgan fingerprint density at radius 2 is 2.17 bits per heavy atom. The van der Waals surface area contributed by atoms with Gasteiger partial charge in [-0.05, 0) is 31.4 Å². The molecular weight excluding hydrogens is 426 g/mol. The molecule has 0 radical (unpaired) electrons. The van der Waals surface area contributed by atoms with Gasteiger partial charge in [-0.15, -0.1) is 22.7 Å². The lowest BCUT2D eigenvalue weighted by Crippen LogP contribution is -2.46. The molecule has 0 bridgehead atoms. The van der Waals surface area contributed by atoms with Gasteiger partial charge < -0.3 is 10.2 Å². The van der Waals surface area contributed by atoms with Gasteiger partial charge in [-0.25, -0.2) is 4.98 Å². The number of thiophene rings is 1. The van der Waals surface area contributed by atoms with E-state index in [2.05, 4.69) is 17.2 Å². The number of unbranched alkanes of at least 4 members (excludes halogenated alkanes) is 3. The van der Waals surface area contributed by atoms with Crippen molar-refractivity contribution in [3.8, 4) is 9.88 Å². The summed E-state index contributed by atoms with van der Waals surface area (Å²) in [6.45, 7) is 4.14. The molecule has 5 nitrogen and oxygen atoms in total. The van der Waals surface area contributed by atoms with Gasteiger partial charge >= 0.3 is 0 Å². The summed E-state index contributed by atoms with van der Waals surface area (Å²) in [5.41, 5.74) is 0.780. The number of piperidine rings is 1. The van der Waals surface area contributed by atoms with Crippen LogP contribution in [0, 0.1) is 5.92 Å². The zero-order valence-electron chi connectivity index (χ0n) is 16.8. The van der Waals surface area contributed by atoms with Crippen LogP contribution in [-0.4, -0.2) is 41.3 Å². The molecule has 29 heavy (non-hydrogen) atoms. The zero-order chi connectivity index (χ0) is 20.6. The van der Waals surface area contributed by atoms with E-state index in [1.165, 1.54) is 35.5 Å². The second-order valence-electron chi connectivity index (χ2n) is 7.46. The van der Waals surface area contributed by atoms with Crippen LogP contribution in [0.3, 0.4) is 0 Å². The molecule has 0 spiro atoms. The average molecular weight is 454 g/mol. The van der Waals surface area contributed by atoms with Crippen molar-refractivity contribution in [3.63, 3.8) is 0 Å². The van der Waals surface area contributed by atoms with E-state index < -0.39 is 0 Å². The van der Waals surface area contributed by atoms with Crippen molar-refractivity contribution >= 4 is 46.1 Å². The van der Waals surface area contributed by atoms with Gasteiger partial charge in [-0.1, -0.05) is 37.8 Å². The zero-order valence-corrected chi connectivity index (χ0v) is 19.2. The van der Waals surface area contributed by atoms with Gasteiger partial charge in [-0.2, -0.15) is 0 Å². The van der Waals surface area contributed by atoms with Gasteiger partial charge in [0.2, 0.25) is 11.8 Å². The Morgan fingerprint density at radius 1 is 1.31 bits per heavy atom. The first-order valence-corrected chi connectivity index (χ1v) is 12.4. The third-order valence-electron chi connectivity index (χ3n) is 5.14. The second-order valence-corrected chi connectivity index (χ2v) is 10.0. The molecule has 1 aliphatic rings. The van der Waals surface area contributed by atoms with Crippen LogP contribution in [0.1, 0.15) is 51.1 Å². The predicted octanol–water partition coefficient (Wildman–Crippen LogP) is 5.00. The van der Waals surface area contributed by atoms with Gasteiger partial charge in [-0.3, -0.25) is 9.59 Å². The summed E-state index contributed by atoms with van der Waals surface area (Å²) in [6.07, 6.45) is 6.58. The van der Waals surface area contributed by atoms with Gasteiger partial charge in [0.25, 0.3) is 0 Å². The Labute approximate surface area is 185 Å². The molecule has 158 valence electrons. The maximum absolute atomic E-state index is 12.8. The molecule has 1 saturated heterocycles. The number of aromatic nitrogens is 1. The van der Waals surface area contributed by atoms with E-state index in [-0.39, 0.29) is 24.2 Å². The van der Waals surface area contributed by atoms with Gasteiger partial charge in [0, 0.05) is 25.0 Å². The first-order chi connectivity index (χ1) is 14.1. The quantitative estimate of drug-likeness (QED) is 0.543. The minimum absolute atomic E-state index is 0.0477. The van der Waals surface area contributed by atoms with Crippen LogP contribution in [0.25, 0.3) is 9.88 Å². The van der Waals surface area contributed by atoms with Gasteiger partial charge in [0.05, 0.1) is 27.2 Å². The van der Waals surface area contributed by atoms with Crippen molar-refractivity contribution in [2.45, 2.75) is 51.9 Å². The van der Waals surface area contributed by atoms with Crippen LogP contribution in [0.5, 0.6) is 0 Å². The number of nitrogens with zero attached hydrogens (tertiary/aromatic N) is 2. The molecule has 3 rings (SSSR count). The number of nitrogens with one attached hydrogen (secondary N) is 1. The molecule has 3 heterocycles. The van der Waals surface area contributed by atoms with Crippen molar-refractivity contribution in [1.82, 2.24) is 15.2 Å². The monoisotopic (exact) mass is 453 g/mol. The van der Waals surface area contributed by atoms with Crippen LogP contribution in [0.15, 0.2) is 17.5 Å². The predicted molar refractivity (Wildman–Crippen MR) is 121 cm³/mol. The highest BCUT2D eigenvalue weighted by Gasteiger charge is 2.28. The highest BCUT2D eigenvalue weighted by Crippen LogP contribution is 2.33. The smallest absolute Gasteiger partial charge is 0.228 e. The van der Waals surface area contributed by atoms with E-state index in [4.69, 9.17) is 11.6 Å². The lowest BCUT2D eigenvalue weighted by molar-refractivity contribution is -0.135. The number of halogens is 1. The molecule has 8 heteroatoms. The summed E-state index contributed by atoms with van der Waals surface area (Å²) in [4.78, 5) is 32.6. The lowest BCUT2D eigenvalue weighted by Gasteiger charge is -2.32. The summed E-state index contributed by atoms with van der Waals surface area (Å²) >= 11 is 9.02. The summed E-state index contributed by atoms with van der Waals surface area (Å²) < 4.78 is 0.732. The first-order valence-electron chi connectivity index (χ1n) is 10.3. The number of carbonyl (C=O) groups is 2. The standard InChI is InChI=1S/C21H28ClN3O2S2/c1-2-3-4-5-10-23-20(27)15-7-6-11-25(13-15)19(26)12-16-14-28-21(24-16)17-8-9-18(22)29-17/h8-9,14-15H,2-7,10-13H2,1H3,(H,23,27). The summed E-state index contributed by atoms with van der Waals surface area (Å²) in [5.74, 6) is 0.0363. The van der Waals surface area contributed by atoms with E-state index >= 15 is 0 Å². The van der Waals surface area contributed by atoms with Crippen LogP contribution < -0.4 is 5.32 Å². The number of thiazole rings is 1. The summed E-state index contributed by atoms with van der Waals surface area (Å²) in [7, 11) is 0. The Bertz CT molecular complexity index is 820. The normalized spacial score (nSPS) is 16.8. The topological polar surface area (TPSA) is 62.3 Å². The molecule has 2 aromatic rings. The third kappa shape index (κ3) is 6.52. The number of hydrogen-bond acceptors (Lipinski definition) is 5. The van der Waals surface area contributed by atoms with Crippen molar-refractivity contribution < 1.29 is 9.59 Å². The Hall–Kier alpha value is -1.44. The first kappa shape index (κ1) is 22.2. The summed E-state index contributed by atoms with van der Waals surface area (Å²) in [5, 5.41) is 5.87. The number of carbonyl (C=O) groups excluding carboxylic acids is 2. The molecule has 0 aromatic carbocycles. The molecule has 1 aliphatic heterocycles. The Morgan fingerprint density at radius 3 is 2.93 bits per heavy atom. The largest absolute Gasteiger partial charge is 0.356 e. The fourth-order valence-corrected chi connectivity index (χ4v) is 5.46. The van der Waals surface area contributed by atoms with Crippen LogP contribution in [0.4, 0.5) is 0 Å². The minimum Gasteiger partial charge on any atom is -0.356 e.